The normalized spacial score (nSPS) is 13.3. The van der Waals surface area contributed by atoms with E-state index in [9.17, 15) is 13.6 Å². The van der Waals surface area contributed by atoms with Crippen LogP contribution in [0.25, 0.3) is 0 Å². The second kappa shape index (κ2) is 16.2. The molecular formula is C20H30F2O2. The number of unbranched alkanes of at least 4 members (excludes halogenated alkanes) is 3. The summed E-state index contributed by atoms with van der Waals surface area (Å²) in [6.07, 6.45) is 16.9. The Kier molecular flexibility index (Phi) is 15.0. The molecule has 0 spiro atoms. The van der Waals surface area contributed by atoms with Crippen LogP contribution in [-0.4, -0.2) is 11.1 Å². The van der Waals surface area contributed by atoms with Gasteiger partial charge in [0.2, 0.25) is 0 Å². The van der Waals surface area contributed by atoms with Crippen molar-refractivity contribution in [2.45, 2.75) is 71.1 Å². The first-order chi connectivity index (χ1) is 11.6. The zero-order valence-electron chi connectivity index (χ0n) is 14.6. The molecule has 0 aliphatic carbocycles. The van der Waals surface area contributed by atoms with E-state index in [1.54, 1.807) is 6.08 Å². The lowest BCUT2D eigenvalue weighted by molar-refractivity contribution is -0.137. The standard InChI is InChI=1S/C20H30F2O2/c1-2-3-4-5-6-7-8-9-10-13-18(21)14-11-15-19(22)16-12-17-20(23)24/h6-7,9-10,14-15H,2-5,8,11-13,16-17H2,1H3,(H,23,24)/b7-6-,10-9-,18-14+,19-15+. The highest BCUT2D eigenvalue weighted by Gasteiger charge is 1.99. The molecule has 0 rings (SSSR count). The number of allylic oxidation sites excluding steroid dienone is 8. The average molecular weight is 340 g/mol. The van der Waals surface area contributed by atoms with E-state index in [-0.39, 0.29) is 43.8 Å². The highest BCUT2D eigenvalue weighted by molar-refractivity contribution is 5.66. The van der Waals surface area contributed by atoms with Crippen molar-refractivity contribution in [1.82, 2.24) is 0 Å². The fourth-order valence-electron chi connectivity index (χ4n) is 2.01. The molecule has 24 heavy (non-hydrogen) atoms. The maximum Gasteiger partial charge on any atom is 0.303 e. The first-order valence-corrected chi connectivity index (χ1v) is 8.77. The monoisotopic (exact) mass is 340 g/mol. The molecule has 0 amide bonds. The number of halogens is 2. The van der Waals surface area contributed by atoms with Crippen LogP contribution in [-0.2, 0) is 4.79 Å². The van der Waals surface area contributed by atoms with E-state index < -0.39 is 5.97 Å². The minimum absolute atomic E-state index is 0.0523. The molecule has 0 aliphatic heterocycles. The van der Waals surface area contributed by atoms with E-state index in [2.05, 4.69) is 19.1 Å². The molecule has 0 bridgehead atoms. The summed E-state index contributed by atoms with van der Waals surface area (Å²) >= 11 is 0. The quantitative estimate of drug-likeness (QED) is 0.278. The van der Waals surface area contributed by atoms with Gasteiger partial charge in [0.25, 0.3) is 0 Å². The Bertz CT molecular complexity index is 449. The van der Waals surface area contributed by atoms with Gasteiger partial charge in [-0.2, -0.15) is 0 Å². The van der Waals surface area contributed by atoms with Crippen molar-refractivity contribution < 1.29 is 18.7 Å². The molecule has 0 saturated heterocycles. The number of hydrogen-bond donors (Lipinski definition) is 1. The number of carboxylic acid groups (broad SMARTS) is 1. The van der Waals surface area contributed by atoms with Gasteiger partial charge in [-0.05, 0) is 50.7 Å². The van der Waals surface area contributed by atoms with Gasteiger partial charge < -0.3 is 5.11 Å². The van der Waals surface area contributed by atoms with Gasteiger partial charge in [-0.1, -0.05) is 44.1 Å². The molecule has 0 heterocycles. The first kappa shape index (κ1) is 22.3. The van der Waals surface area contributed by atoms with Crippen molar-refractivity contribution in [1.29, 1.82) is 0 Å². The highest BCUT2D eigenvalue weighted by Crippen LogP contribution is 2.12. The highest BCUT2D eigenvalue weighted by atomic mass is 19.1. The Morgan fingerprint density at radius 2 is 1.58 bits per heavy atom. The summed E-state index contributed by atoms with van der Waals surface area (Å²) in [5.74, 6) is -1.60. The summed E-state index contributed by atoms with van der Waals surface area (Å²) in [5, 5.41) is 8.45. The Balaban J connectivity index is 3.81. The summed E-state index contributed by atoms with van der Waals surface area (Å²) in [4.78, 5) is 10.3. The number of hydrogen-bond acceptors (Lipinski definition) is 1. The van der Waals surface area contributed by atoms with E-state index in [0.717, 1.165) is 12.8 Å². The summed E-state index contributed by atoms with van der Waals surface area (Å²) < 4.78 is 26.8. The lowest BCUT2D eigenvalue weighted by Crippen LogP contribution is -1.93. The Morgan fingerprint density at radius 1 is 0.875 bits per heavy atom. The molecule has 136 valence electrons. The molecule has 0 unspecified atom stereocenters. The van der Waals surface area contributed by atoms with Crippen molar-refractivity contribution in [3.63, 3.8) is 0 Å². The smallest absolute Gasteiger partial charge is 0.303 e. The topological polar surface area (TPSA) is 37.3 Å². The van der Waals surface area contributed by atoms with Gasteiger partial charge in [0.1, 0.15) is 5.83 Å². The summed E-state index contributed by atoms with van der Waals surface area (Å²) in [6, 6.07) is 0. The summed E-state index contributed by atoms with van der Waals surface area (Å²) in [7, 11) is 0. The SMILES string of the molecule is CCCCC/C=C\C/C=C\C/C(F)=C\C/C=C(/F)CCCC(=O)O. The molecule has 1 N–H and O–H groups in total. The molecule has 0 saturated carbocycles. The van der Waals surface area contributed by atoms with Gasteiger partial charge in [0.05, 0.1) is 5.83 Å². The Labute approximate surface area is 144 Å². The van der Waals surface area contributed by atoms with Gasteiger partial charge in [-0.3, -0.25) is 4.79 Å². The Hall–Kier alpha value is -1.71. The zero-order chi connectivity index (χ0) is 18.0. The lowest BCUT2D eigenvalue weighted by atomic mass is 10.2. The number of aliphatic carboxylic acids is 1. The van der Waals surface area contributed by atoms with Crippen LogP contribution < -0.4 is 0 Å². The molecule has 0 aromatic heterocycles. The van der Waals surface area contributed by atoms with Crippen molar-refractivity contribution in [3.8, 4) is 0 Å². The molecule has 0 atom stereocenters. The largest absolute Gasteiger partial charge is 0.481 e. The van der Waals surface area contributed by atoms with E-state index in [1.165, 1.54) is 31.4 Å². The summed E-state index contributed by atoms with van der Waals surface area (Å²) in [5.41, 5.74) is 0. The Morgan fingerprint density at radius 3 is 2.29 bits per heavy atom. The predicted octanol–water partition coefficient (Wildman–Crippen LogP) is 6.81. The minimum Gasteiger partial charge on any atom is -0.481 e. The molecule has 0 aromatic rings. The van der Waals surface area contributed by atoms with Crippen LogP contribution in [0.15, 0.2) is 48.1 Å². The van der Waals surface area contributed by atoms with Crippen LogP contribution in [0.1, 0.15) is 71.1 Å². The van der Waals surface area contributed by atoms with Crippen LogP contribution in [0.2, 0.25) is 0 Å². The minimum atomic E-state index is -0.934. The van der Waals surface area contributed by atoms with Gasteiger partial charge >= 0.3 is 5.97 Å². The molecule has 4 heteroatoms. The van der Waals surface area contributed by atoms with Crippen molar-refractivity contribution in [2.24, 2.45) is 0 Å². The number of carboxylic acids is 1. The fourth-order valence-corrected chi connectivity index (χ4v) is 2.01. The second-order valence-corrected chi connectivity index (χ2v) is 5.66. The van der Waals surface area contributed by atoms with Gasteiger partial charge in [0, 0.05) is 12.8 Å². The van der Waals surface area contributed by atoms with Crippen LogP contribution in [0, 0.1) is 0 Å². The van der Waals surface area contributed by atoms with E-state index in [0.29, 0.717) is 0 Å². The number of rotatable bonds is 14. The fraction of sp³-hybridized carbons (Fsp3) is 0.550. The van der Waals surface area contributed by atoms with Crippen molar-refractivity contribution in [2.75, 3.05) is 0 Å². The maximum absolute atomic E-state index is 13.5. The van der Waals surface area contributed by atoms with Crippen LogP contribution in [0.4, 0.5) is 8.78 Å². The molecule has 0 aliphatic rings. The third-order valence-corrected chi connectivity index (χ3v) is 3.38. The van der Waals surface area contributed by atoms with Crippen LogP contribution in [0.3, 0.4) is 0 Å². The van der Waals surface area contributed by atoms with Gasteiger partial charge in [0.15, 0.2) is 0 Å². The van der Waals surface area contributed by atoms with Crippen molar-refractivity contribution >= 4 is 5.97 Å². The number of carbonyl (C=O) groups is 1. The molecule has 0 fully saturated rings. The van der Waals surface area contributed by atoms with E-state index in [4.69, 9.17) is 5.11 Å². The van der Waals surface area contributed by atoms with Gasteiger partial charge in [-0.25, -0.2) is 8.78 Å². The first-order valence-electron chi connectivity index (χ1n) is 8.77. The van der Waals surface area contributed by atoms with Crippen molar-refractivity contribution in [3.05, 3.63) is 48.1 Å². The molecular weight excluding hydrogens is 310 g/mol. The van der Waals surface area contributed by atoms with E-state index >= 15 is 0 Å². The van der Waals surface area contributed by atoms with E-state index in [1.807, 2.05) is 6.08 Å². The average Bonchev–Trinajstić information content (AvgIpc) is 2.53. The van der Waals surface area contributed by atoms with Crippen LogP contribution >= 0.6 is 0 Å². The third-order valence-electron chi connectivity index (χ3n) is 3.38. The predicted molar refractivity (Wildman–Crippen MR) is 96.1 cm³/mol. The third kappa shape index (κ3) is 16.7. The molecule has 0 radical (unpaired) electrons. The lowest BCUT2D eigenvalue weighted by Gasteiger charge is -1.95. The zero-order valence-corrected chi connectivity index (χ0v) is 14.6. The molecule has 0 aromatic carbocycles. The molecule has 2 nitrogen and oxygen atoms in total. The maximum atomic E-state index is 13.5. The van der Waals surface area contributed by atoms with Crippen LogP contribution in [0.5, 0.6) is 0 Å². The second-order valence-electron chi connectivity index (χ2n) is 5.66. The summed E-state index contributed by atoms with van der Waals surface area (Å²) in [6.45, 7) is 2.18. The van der Waals surface area contributed by atoms with Gasteiger partial charge in [-0.15, -0.1) is 0 Å².